The lowest BCUT2D eigenvalue weighted by Gasteiger charge is -2.35. The van der Waals surface area contributed by atoms with Gasteiger partial charge in [0.2, 0.25) is 13.6 Å². The Morgan fingerprint density at radius 1 is 0.600 bits per heavy atom. The topological polar surface area (TPSA) is 108 Å². The van der Waals surface area contributed by atoms with Gasteiger partial charge in [0.1, 0.15) is 0 Å². The molecule has 0 radical (unpaired) electrons. The Morgan fingerprint density at radius 3 is 1.62 bits per heavy atom. The number of hydrogen-bond donors (Lipinski definition) is 2. The molecular formula is C33H38N6O6. The van der Waals surface area contributed by atoms with Crippen molar-refractivity contribution in [3.05, 3.63) is 71.3 Å². The molecule has 4 aliphatic heterocycles. The monoisotopic (exact) mass is 614 g/mol. The molecule has 2 N–H and O–H groups in total. The van der Waals surface area contributed by atoms with E-state index < -0.39 is 0 Å². The third-order valence-electron chi connectivity index (χ3n) is 8.74. The highest BCUT2D eigenvalue weighted by Gasteiger charge is 2.24. The van der Waals surface area contributed by atoms with Gasteiger partial charge in [0.25, 0.3) is 0 Å². The Kier molecular flexibility index (Phi) is 8.23. The Balaban J connectivity index is 0.870. The van der Waals surface area contributed by atoms with Crippen molar-refractivity contribution < 1.29 is 28.5 Å². The van der Waals surface area contributed by atoms with Gasteiger partial charge in [-0.2, -0.15) is 0 Å². The molecule has 236 valence electrons. The molecule has 7 rings (SSSR count). The fourth-order valence-electron chi connectivity index (χ4n) is 6.04. The summed E-state index contributed by atoms with van der Waals surface area (Å²) in [7, 11) is 0. The molecule has 2 saturated heterocycles. The van der Waals surface area contributed by atoms with E-state index in [1.165, 1.54) is 0 Å². The third kappa shape index (κ3) is 6.71. The summed E-state index contributed by atoms with van der Waals surface area (Å²) in [5, 5.41) is 6.08. The van der Waals surface area contributed by atoms with Crippen LogP contribution < -0.4 is 29.6 Å². The number of carbonyl (C=O) groups is 2. The number of carbonyl (C=O) groups excluding carboxylic acids is 2. The number of amides is 4. The smallest absolute Gasteiger partial charge is 0.321 e. The molecule has 0 saturated carbocycles. The van der Waals surface area contributed by atoms with E-state index in [1.807, 2.05) is 59.2 Å². The zero-order chi connectivity index (χ0) is 30.8. The van der Waals surface area contributed by atoms with E-state index in [0.29, 0.717) is 37.6 Å². The van der Waals surface area contributed by atoms with Gasteiger partial charge in [-0.3, -0.25) is 9.80 Å². The van der Waals surface area contributed by atoms with Crippen molar-refractivity contribution in [2.45, 2.75) is 20.0 Å². The van der Waals surface area contributed by atoms with Gasteiger partial charge in [-0.15, -0.1) is 0 Å². The van der Waals surface area contributed by atoms with E-state index in [9.17, 15) is 9.59 Å². The number of benzene rings is 3. The summed E-state index contributed by atoms with van der Waals surface area (Å²) < 4.78 is 21.8. The number of anilines is 2. The number of hydrogen-bond acceptors (Lipinski definition) is 8. The SMILES string of the molecule is Cc1ccc(NC(=O)N2CCN(Cc3ccc4c(c3)OCO4)CC2)cc1NC(=O)N1CCN(Cc2ccc3c(c2)OCO3)CC1. The first-order valence-corrected chi connectivity index (χ1v) is 15.4. The maximum Gasteiger partial charge on any atom is 0.321 e. The van der Waals surface area contributed by atoms with Gasteiger partial charge in [-0.25, -0.2) is 9.59 Å². The van der Waals surface area contributed by atoms with Crippen molar-refractivity contribution in [3.8, 4) is 23.0 Å². The largest absolute Gasteiger partial charge is 0.454 e. The molecule has 0 aliphatic carbocycles. The van der Waals surface area contributed by atoms with Crippen LogP contribution in [-0.2, 0) is 13.1 Å². The van der Waals surface area contributed by atoms with Crippen LogP contribution in [0.2, 0.25) is 0 Å². The zero-order valence-corrected chi connectivity index (χ0v) is 25.4. The number of urea groups is 2. The van der Waals surface area contributed by atoms with Gasteiger partial charge in [0, 0.05) is 76.8 Å². The number of nitrogens with zero attached hydrogens (tertiary/aromatic N) is 4. The molecule has 4 heterocycles. The van der Waals surface area contributed by atoms with Gasteiger partial charge >= 0.3 is 12.1 Å². The standard InChI is InChI=1S/C33H38N6O6/c1-23-2-5-26(34-32(40)38-12-8-36(9-13-38)19-24-3-6-28-30(16-24)44-21-42-28)18-27(23)35-33(41)39-14-10-37(11-15-39)20-25-4-7-29-31(17-25)45-22-43-29/h2-7,16-18H,8-15,19-22H2,1H3,(H,34,40)(H,35,41). The average molecular weight is 615 g/mol. The highest BCUT2D eigenvalue weighted by molar-refractivity contribution is 5.93. The van der Waals surface area contributed by atoms with Crippen molar-refractivity contribution in [2.75, 3.05) is 76.6 Å². The van der Waals surface area contributed by atoms with Crippen LogP contribution in [0.4, 0.5) is 21.0 Å². The Morgan fingerprint density at radius 2 is 1.09 bits per heavy atom. The van der Waals surface area contributed by atoms with Crippen LogP contribution in [-0.4, -0.2) is 97.6 Å². The number of piperazine rings is 2. The van der Waals surface area contributed by atoms with Gasteiger partial charge in [-0.1, -0.05) is 18.2 Å². The van der Waals surface area contributed by atoms with Gasteiger partial charge in [0.05, 0.1) is 0 Å². The van der Waals surface area contributed by atoms with Gasteiger partial charge in [-0.05, 0) is 60.0 Å². The zero-order valence-electron chi connectivity index (χ0n) is 25.4. The van der Waals surface area contributed by atoms with Crippen LogP contribution in [0.1, 0.15) is 16.7 Å². The summed E-state index contributed by atoms with van der Waals surface area (Å²) in [5.41, 5.74) is 4.59. The van der Waals surface area contributed by atoms with Gasteiger partial charge < -0.3 is 39.4 Å². The lowest BCUT2D eigenvalue weighted by molar-refractivity contribution is 0.142. The highest BCUT2D eigenvalue weighted by atomic mass is 16.7. The minimum atomic E-state index is -0.141. The maximum atomic E-state index is 13.2. The van der Waals surface area contributed by atoms with E-state index >= 15 is 0 Å². The molecule has 12 heteroatoms. The minimum Gasteiger partial charge on any atom is -0.454 e. The van der Waals surface area contributed by atoms with E-state index in [4.69, 9.17) is 18.9 Å². The molecule has 4 amide bonds. The molecule has 12 nitrogen and oxygen atoms in total. The van der Waals surface area contributed by atoms with Crippen LogP contribution in [0.15, 0.2) is 54.6 Å². The number of fused-ring (bicyclic) bond motifs is 2. The number of nitrogens with one attached hydrogen (secondary N) is 2. The Bertz CT molecular complexity index is 1570. The molecular weight excluding hydrogens is 576 g/mol. The minimum absolute atomic E-state index is 0.136. The van der Waals surface area contributed by atoms with Crippen molar-refractivity contribution in [2.24, 2.45) is 0 Å². The third-order valence-corrected chi connectivity index (χ3v) is 8.74. The predicted octanol–water partition coefficient (Wildman–Crippen LogP) is 4.15. The molecule has 2 fully saturated rings. The van der Waals surface area contributed by atoms with Crippen molar-refractivity contribution >= 4 is 23.4 Å². The average Bonchev–Trinajstić information content (AvgIpc) is 3.72. The Hall–Kier alpha value is -4.68. The quantitative estimate of drug-likeness (QED) is 0.427. The molecule has 4 aliphatic rings. The lowest BCUT2D eigenvalue weighted by Crippen LogP contribution is -2.49. The Labute approximate surface area is 262 Å². The second-order valence-electron chi connectivity index (χ2n) is 11.8. The normalized spacial score (nSPS) is 17.8. The van der Waals surface area contributed by atoms with Crippen LogP contribution in [0.25, 0.3) is 0 Å². The number of aryl methyl sites for hydroxylation is 1. The van der Waals surface area contributed by atoms with Crippen molar-refractivity contribution in [1.29, 1.82) is 0 Å². The molecule has 45 heavy (non-hydrogen) atoms. The molecule has 3 aromatic carbocycles. The van der Waals surface area contributed by atoms with Gasteiger partial charge in [0.15, 0.2) is 23.0 Å². The summed E-state index contributed by atoms with van der Waals surface area (Å²) >= 11 is 0. The summed E-state index contributed by atoms with van der Waals surface area (Å²) in [6.07, 6.45) is 0. The van der Waals surface area contributed by atoms with Crippen molar-refractivity contribution in [3.63, 3.8) is 0 Å². The molecule has 0 bridgehead atoms. The van der Waals surface area contributed by atoms with Crippen LogP contribution in [0.5, 0.6) is 23.0 Å². The van der Waals surface area contributed by atoms with E-state index in [2.05, 4.69) is 32.6 Å². The van der Waals surface area contributed by atoms with E-state index in [1.54, 1.807) is 0 Å². The first-order chi connectivity index (χ1) is 22.0. The first kappa shape index (κ1) is 29.1. The molecule has 0 unspecified atom stereocenters. The number of rotatable bonds is 6. The fourth-order valence-corrected chi connectivity index (χ4v) is 6.04. The highest BCUT2D eigenvalue weighted by Crippen LogP contribution is 2.34. The summed E-state index contributed by atoms with van der Waals surface area (Å²) in [6, 6.07) is 17.4. The predicted molar refractivity (Wildman–Crippen MR) is 168 cm³/mol. The molecule has 0 spiro atoms. The maximum absolute atomic E-state index is 13.2. The summed E-state index contributed by atoms with van der Waals surface area (Å²) in [5.74, 6) is 3.14. The second-order valence-corrected chi connectivity index (χ2v) is 11.8. The van der Waals surface area contributed by atoms with E-state index in [0.717, 1.165) is 79.0 Å². The van der Waals surface area contributed by atoms with E-state index in [-0.39, 0.29) is 25.6 Å². The molecule has 0 aromatic heterocycles. The molecule has 3 aromatic rings. The van der Waals surface area contributed by atoms with Crippen molar-refractivity contribution in [1.82, 2.24) is 19.6 Å². The van der Waals surface area contributed by atoms with Crippen LogP contribution in [0.3, 0.4) is 0 Å². The van der Waals surface area contributed by atoms with Crippen LogP contribution >= 0.6 is 0 Å². The number of ether oxygens (including phenoxy) is 4. The lowest BCUT2D eigenvalue weighted by atomic mass is 10.1. The first-order valence-electron chi connectivity index (χ1n) is 15.4. The fraction of sp³-hybridized carbons (Fsp3) is 0.394. The summed E-state index contributed by atoms with van der Waals surface area (Å²) in [6.45, 7) is 9.71. The summed E-state index contributed by atoms with van der Waals surface area (Å²) in [4.78, 5) is 34.6. The second kappa shape index (κ2) is 12.7. The molecule has 0 atom stereocenters. The van der Waals surface area contributed by atoms with Crippen LogP contribution in [0, 0.1) is 6.92 Å².